The summed E-state index contributed by atoms with van der Waals surface area (Å²) in [6.07, 6.45) is 0. The molecule has 5 nitrogen and oxygen atoms in total. The van der Waals surface area contributed by atoms with E-state index in [0.717, 1.165) is 26.9 Å². The molecule has 154 valence electrons. The molecule has 1 aliphatic rings. The number of anilines is 1. The number of nitrogens with zero attached hydrogens (tertiary/aromatic N) is 2. The van der Waals surface area contributed by atoms with Crippen LogP contribution in [0.15, 0.2) is 68.3 Å². The molecule has 3 heterocycles. The van der Waals surface area contributed by atoms with Gasteiger partial charge in [-0.05, 0) is 73.9 Å². The minimum absolute atomic E-state index is 0.0805. The van der Waals surface area contributed by atoms with E-state index in [1.807, 2.05) is 69.3 Å². The second-order valence-electron chi connectivity index (χ2n) is 7.87. The highest BCUT2D eigenvalue weighted by Gasteiger charge is 2.44. The summed E-state index contributed by atoms with van der Waals surface area (Å²) >= 11 is 3.46. The lowest BCUT2D eigenvalue weighted by atomic mass is 9.97. The van der Waals surface area contributed by atoms with Gasteiger partial charge in [0.1, 0.15) is 11.4 Å². The quantitative estimate of drug-likeness (QED) is 0.377. The molecule has 0 N–H and O–H groups in total. The lowest BCUT2D eigenvalue weighted by molar-refractivity contribution is 0.0970. The Morgan fingerprint density at radius 3 is 2.39 bits per heavy atom. The van der Waals surface area contributed by atoms with Crippen molar-refractivity contribution in [3.63, 3.8) is 0 Å². The van der Waals surface area contributed by atoms with Gasteiger partial charge in [-0.25, -0.2) is 4.98 Å². The normalized spacial score (nSPS) is 15.5. The van der Waals surface area contributed by atoms with E-state index < -0.39 is 6.04 Å². The maximum absolute atomic E-state index is 13.7. The van der Waals surface area contributed by atoms with E-state index >= 15 is 0 Å². The Labute approximate surface area is 187 Å². The van der Waals surface area contributed by atoms with E-state index in [1.165, 1.54) is 0 Å². The van der Waals surface area contributed by atoms with Gasteiger partial charge in [0.05, 0.1) is 17.0 Å². The van der Waals surface area contributed by atoms with Gasteiger partial charge in [-0.1, -0.05) is 34.1 Å². The van der Waals surface area contributed by atoms with Crippen LogP contribution in [-0.2, 0) is 0 Å². The molecule has 0 fully saturated rings. The number of fused-ring (bicyclic) bond motifs is 2. The SMILES string of the molecule is Cc1cccc(N2C(=O)c3oc4cc(C)c(C)cc4c(=O)c3[C@H]2c2ccc(Br)cc2)n1. The van der Waals surface area contributed by atoms with Crippen molar-refractivity contribution in [2.75, 3.05) is 4.90 Å². The number of hydrogen-bond donors (Lipinski definition) is 0. The molecule has 5 rings (SSSR count). The Bertz CT molecular complexity index is 1420. The minimum atomic E-state index is -0.618. The van der Waals surface area contributed by atoms with Crippen LogP contribution in [0.1, 0.15) is 44.5 Å². The zero-order valence-electron chi connectivity index (χ0n) is 17.3. The Kier molecular flexibility index (Phi) is 4.55. The van der Waals surface area contributed by atoms with Gasteiger partial charge in [0.25, 0.3) is 5.91 Å². The van der Waals surface area contributed by atoms with Gasteiger partial charge in [-0.2, -0.15) is 0 Å². The first-order valence-corrected chi connectivity index (χ1v) is 10.7. The summed E-state index contributed by atoms with van der Waals surface area (Å²) in [5.74, 6) is 0.204. The van der Waals surface area contributed by atoms with Gasteiger partial charge in [-0.3, -0.25) is 14.5 Å². The fraction of sp³-hybridized carbons (Fsp3) is 0.160. The number of aromatic nitrogens is 1. The van der Waals surface area contributed by atoms with Crippen molar-refractivity contribution < 1.29 is 9.21 Å². The van der Waals surface area contributed by atoms with Gasteiger partial charge < -0.3 is 4.42 Å². The van der Waals surface area contributed by atoms with Crippen LogP contribution in [0, 0.1) is 20.8 Å². The Balaban J connectivity index is 1.83. The van der Waals surface area contributed by atoms with Crippen molar-refractivity contribution in [1.82, 2.24) is 4.98 Å². The summed E-state index contributed by atoms with van der Waals surface area (Å²) in [5.41, 5.74) is 4.20. The second kappa shape index (κ2) is 7.17. The highest BCUT2D eigenvalue weighted by Crippen LogP contribution is 2.41. The van der Waals surface area contributed by atoms with Gasteiger partial charge in [0.2, 0.25) is 5.76 Å². The lowest BCUT2D eigenvalue weighted by Crippen LogP contribution is -2.30. The fourth-order valence-corrected chi connectivity index (χ4v) is 4.35. The summed E-state index contributed by atoms with van der Waals surface area (Å²) in [5, 5.41) is 0.482. The first kappa shape index (κ1) is 19.7. The molecule has 0 bridgehead atoms. The van der Waals surface area contributed by atoms with Gasteiger partial charge >= 0.3 is 0 Å². The van der Waals surface area contributed by atoms with E-state index in [4.69, 9.17) is 4.42 Å². The maximum atomic E-state index is 13.7. The molecule has 1 amide bonds. The van der Waals surface area contributed by atoms with Crippen LogP contribution in [0.3, 0.4) is 0 Å². The highest BCUT2D eigenvalue weighted by molar-refractivity contribution is 9.10. The zero-order valence-corrected chi connectivity index (χ0v) is 18.9. The van der Waals surface area contributed by atoms with Gasteiger partial charge in [-0.15, -0.1) is 0 Å². The number of pyridine rings is 1. The van der Waals surface area contributed by atoms with E-state index in [-0.39, 0.29) is 17.1 Å². The monoisotopic (exact) mass is 474 g/mol. The summed E-state index contributed by atoms with van der Waals surface area (Å²) in [6.45, 7) is 5.79. The Morgan fingerprint density at radius 1 is 0.968 bits per heavy atom. The number of carbonyl (C=O) groups excluding carboxylic acids is 1. The largest absolute Gasteiger partial charge is 0.450 e. The molecule has 0 saturated carbocycles. The van der Waals surface area contributed by atoms with Crippen LogP contribution in [0.2, 0.25) is 0 Å². The predicted molar refractivity (Wildman–Crippen MR) is 124 cm³/mol. The van der Waals surface area contributed by atoms with E-state index in [2.05, 4.69) is 20.9 Å². The van der Waals surface area contributed by atoms with E-state index in [1.54, 1.807) is 11.0 Å². The minimum Gasteiger partial charge on any atom is -0.450 e. The molecular weight excluding hydrogens is 456 g/mol. The van der Waals surface area contributed by atoms with Crippen LogP contribution in [0.25, 0.3) is 11.0 Å². The molecule has 0 spiro atoms. The first-order valence-electron chi connectivity index (χ1n) is 9.96. The fourth-order valence-electron chi connectivity index (χ4n) is 4.09. The lowest BCUT2D eigenvalue weighted by Gasteiger charge is -2.24. The highest BCUT2D eigenvalue weighted by atomic mass is 79.9. The molecule has 1 aliphatic heterocycles. The van der Waals surface area contributed by atoms with Crippen LogP contribution in [0.5, 0.6) is 0 Å². The van der Waals surface area contributed by atoms with Crippen molar-refractivity contribution in [2.24, 2.45) is 0 Å². The van der Waals surface area contributed by atoms with Crippen molar-refractivity contribution in [1.29, 1.82) is 0 Å². The molecule has 6 heteroatoms. The molecule has 2 aromatic carbocycles. The Morgan fingerprint density at radius 2 is 1.68 bits per heavy atom. The average Bonchev–Trinajstić information content (AvgIpc) is 3.03. The number of amides is 1. The van der Waals surface area contributed by atoms with Crippen LogP contribution in [0.4, 0.5) is 5.82 Å². The van der Waals surface area contributed by atoms with Crippen LogP contribution >= 0.6 is 15.9 Å². The van der Waals surface area contributed by atoms with Gasteiger partial charge in [0.15, 0.2) is 5.43 Å². The standard InChI is InChI=1S/C25H19BrN2O3/c1-13-11-18-19(12-14(13)2)31-24-21(23(18)29)22(16-7-9-17(26)10-8-16)28(25(24)30)20-6-4-5-15(3)27-20/h4-12,22H,1-3H3/t22-/m1/s1. The smallest absolute Gasteiger partial charge is 0.296 e. The third-order valence-electron chi connectivity index (χ3n) is 5.79. The molecule has 0 unspecified atom stereocenters. The number of benzene rings is 2. The van der Waals surface area contributed by atoms with Crippen LogP contribution < -0.4 is 10.3 Å². The third kappa shape index (κ3) is 3.10. The molecule has 0 saturated heterocycles. The number of rotatable bonds is 2. The summed E-state index contributed by atoms with van der Waals surface area (Å²) in [7, 11) is 0. The predicted octanol–water partition coefficient (Wildman–Crippen LogP) is 5.63. The zero-order chi connectivity index (χ0) is 21.9. The molecule has 31 heavy (non-hydrogen) atoms. The first-order chi connectivity index (χ1) is 14.8. The van der Waals surface area contributed by atoms with Crippen molar-refractivity contribution in [3.8, 4) is 0 Å². The maximum Gasteiger partial charge on any atom is 0.296 e. The third-order valence-corrected chi connectivity index (χ3v) is 6.32. The number of hydrogen-bond acceptors (Lipinski definition) is 4. The summed E-state index contributed by atoms with van der Waals surface area (Å²) in [4.78, 5) is 33.3. The average molecular weight is 475 g/mol. The molecule has 1 atom stereocenters. The van der Waals surface area contributed by atoms with Gasteiger partial charge in [0, 0.05) is 10.2 Å². The molecule has 0 aliphatic carbocycles. The number of aryl methyl sites for hydroxylation is 3. The topological polar surface area (TPSA) is 63.4 Å². The second-order valence-corrected chi connectivity index (χ2v) is 8.79. The molecule has 0 radical (unpaired) electrons. The number of carbonyl (C=O) groups is 1. The number of halogens is 1. The van der Waals surface area contributed by atoms with E-state index in [0.29, 0.717) is 22.4 Å². The molecule has 2 aromatic heterocycles. The van der Waals surface area contributed by atoms with Crippen molar-refractivity contribution >= 4 is 38.6 Å². The van der Waals surface area contributed by atoms with Crippen molar-refractivity contribution in [3.05, 3.63) is 103 Å². The summed E-state index contributed by atoms with van der Waals surface area (Å²) in [6, 6.07) is 16.2. The Hall–Kier alpha value is -3.25. The molecule has 4 aromatic rings. The van der Waals surface area contributed by atoms with E-state index in [9.17, 15) is 9.59 Å². The van der Waals surface area contributed by atoms with Crippen LogP contribution in [-0.4, -0.2) is 10.9 Å². The molecular formula is C25H19BrN2O3. The van der Waals surface area contributed by atoms with Crippen molar-refractivity contribution in [2.45, 2.75) is 26.8 Å². The summed E-state index contributed by atoms with van der Waals surface area (Å²) < 4.78 is 6.98.